The molecule has 5 nitrogen and oxygen atoms in total. The van der Waals surface area contributed by atoms with Crippen LogP contribution in [0, 0.1) is 0 Å². The van der Waals surface area contributed by atoms with Crippen molar-refractivity contribution in [3.8, 4) is 0 Å². The minimum absolute atomic E-state index is 0.0155. The summed E-state index contributed by atoms with van der Waals surface area (Å²) in [7, 11) is 1.89. The molecule has 128 valence electrons. The Balaban J connectivity index is 1.74. The van der Waals surface area contributed by atoms with E-state index in [4.69, 9.17) is 4.74 Å². The quantitative estimate of drug-likeness (QED) is 0.626. The molecule has 0 aliphatic carbocycles. The molecule has 2 aliphatic rings. The molecule has 2 heterocycles. The largest absolute Gasteiger partial charge is 0.373 e. The summed E-state index contributed by atoms with van der Waals surface area (Å²) in [6.45, 7) is 13.7. The van der Waals surface area contributed by atoms with Crippen molar-refractivity contribution in [2.45, 2.75) is 38.0 Å². The molecule has 1 atom stereocenters. The first kappa shape index (κ1) is 17.9. The van der Waals surface area contributed by atoms with Crippen molar-refractivity contribution in [2.75, 3.05) is 58.7 Å². The number of nitrogens with one attached hydrogen (secondary N) is 1. The van der Waals surface area contributed by atoms with Crippen LogP contribution in [0.5, 0.6) is 0 Å². The predicted octanol–water partition coefficient (Wildman–Crippen LogP) is 1.50. The SMILES string of the molecule is CCC1CN(C(=NC)NCCN2CCOC(C)(C)C2)CCS1. The highest BCUT2D eigenvalue weighted by molar-refractivity contribution is 8.00. The Labute approximate surface area is 139 Å². The summed E-state index contributed by atoms with van der Waals surface area (Å²) in [5.41, 5.74) is -0.0155. The molecule has 2 saturated heterocycles. The summed E-state index contributed by atoms with van der Waals surface area (Å²) in [5.74, 6) is 2.27. The summed E-state index contributed by atoms with van der Waals surface area (Å²) in [6.07, 6.45) is 1.24. The maximum absolute atomic E-state index is 5.77. The monoisotopic (exact) mass is 328 g/mol. The standard InChI is InChI=1S/C16H32N4OS/c1-5-14-12-20(9-11-22-14)15(17-4)18-6-7-19-8-10-21-16(2,3)13-19/h14H,5-13H2,1-4H3,(H,17,18). The Morgan fingerprint density at radius 1 is 1.41 bits per heavy atom. The average molecular weight is 329 g/mol. The number of ether oxygens (including phenoxy) is 1. The van der Waals surface area contributed by atoms with Crippen molar-refractivity contribution in [1.82, 2.24) is 15.1 Å². The predicted molar refractivity (Wildman–Crippen MR) is 95.9 cm³/mol. The lowest BCUT2D eigenvalue weighted by atomic mass is 10.1. The molecule has 0 radical (unpaired) electrons. The maximum atomic E-state index is 5.77. The van der Waals surface area contributed by atoms with Crippen LogP contribution in [0.15, 0.2) is 4.99 Å². The number of morpholine rings is 1. The van der Waals surface area contributed by atoms with E-state index in [0.717, 1.165) is 57.1 Å². The van der Waals surface area contributed by atoms with Gasteiger partial charge < -0.3 is 15.0 Å². The molecule has 22 heavy (non-hydrogen) atoms. The van der Waals surface area contributed by atoms with Crippen molar-refractivity contribution >= 4 is 17.7 Å². The molecule has 0 aromatic heterocycles. The number of hydrogen-bond donors (Lipinski definition) is 1. The van der Waals surface area contributed by atoms with Gasteiger partial charge >= 0.3 is 0 Å². The smallest absolute Gasteiger partial charge is 0.193 e. The summed E-state index contributed by atoms with van der Waals surface area (Å²) in [5, 5.41) is 4.29. The second kappa shape index (κ2) is 8.41. The second-order valence-electron chi connectivity index (χ2n) is 6.71. The Kier molecular flexibility index (Phi) is 6.84. The van der Waals surface area contributed by atoms with Crippen LogP contribution < -0.4 is 5.32 Å². The first-order valence-electron chi connectivity index (χ1n) is 8.47. The fraction of sp³-hybridized carbons (Fsp3) is 0.938. The van der Waals surface area contributed by atoms with Gasteiger partial charge in [0.2, 0.25) is 0 Å². The maximum Gasteiger partial charge on any atom is 0.193 e. The van der Waals surface area contributed by atoms with Gasteiger partial charge in [-0.15, -0.1) is 0 Å². The van der Waals surface area contributed by atoms with Crippen LogP contribution in [0.25, 0.3) is 0 Å². The van der Waals surface area contributed by atoms with Crippen molar-refractivity contribution in [3.05, 3.63) is 0 Å². The second-order valence-corrected chi connectivity index (χ2v) is 8.11. The Morgan fingerprint density at radius 2 is 2.23 bits per heavy atom. The molecular weight excluding hydrogens is 296 g/mol. The highest BCUT2D eigenvalue weighted by Crippen LogP contribution is 2.21. The molecule has 0 bridgehead atoms. The summed E-state index contributed by atoms with van der Waals surface area (Å²) < 4.78 is 5.77. The van der Waals surface area contributed by atoms with E-state index < -0.39 is 0 Å². The van der Waals surface area contributed by atoms with Crippen LogP contribution in [-0.2, 0) is 4.74 Å². The van der Waals surface area contributed by atoms with Crippen molar-refractivity contribution in [1.29, 1.82) is 0 Å². The highest BCUT2D eigenvalue weighted by Gasteiger charge is 2.27. The van der Waals surface area contributed by atoms with Gasteiger partial charge in [0.25, 0.3) is 0 Å². The van der Waals surface area contributed by atoms with Crippen molar-refractivity contribution in [3.63, 3.8) is 0 Å². The molecular formula is C16H32N4OS. The van der Waals surface area contributed by atoms with Crippen LogP contribution in [0.3, 0.4) is 0 Å². The van der Waals surface area contributed by atoms with Gasteiger partial charge in [-0.1, -0.05) is 6.92 Å². The van der Waals surface area contributed by atoms with E-state index in [0.29, 0.717) is 0 Å². The van der Waals surface area contributed by atoms with E-state index in [-0.39, 0.29) is 5.60 Å². The van der Waals surface area contributed by atoms with E-state index in [9.17, 15) is 0 Å². The normalized spacial score (nSPS) is 27.0. The van der Waals surface area contributed by atoms with Gasteiger partial charge in [0.1, 0.15) is 0 Å². The number of rotatable bonds is 4. The van der Waals surface area contributed by atoms with E-state index >= 15 is 0 Å². The summed E-state index contributed by atoms with van der Waals surface area (Å²) in [4.78, 5) is 9.36. The van der Waals surface area contributed by atoms with Gasteiger partial charge in [0.05, 0.1) is 12.2 Å². The lowest BCUT2D eigenvalue weighted by Gasteiger charge is -2.38. The van der Waals surface area contributed by atoms with Crippen LogP contribution in [-0.4, -0.2) is 85.3 Å². The number of hydrogen-bond acceptors (Lipinski definition) is 4. The lowest BCUT2D eigenvalue weighted by molar-refractivity contribution is -0.0852. The zero-order chi connectivity index (χ0) is 16.0. The van der Waals surface area contributed by atoms with Gasteiger partial charge in [-0.3, -0.25) is 9.89 Å². The van der Waals surface area contributed by atoms with Gasteiger partial charge in [-0.25, -0.2) is 0 Å². The topological polar surface area (TPSA) is 40.1 Å². The van der Waals surface area contributed by atoms with Crippen LogP contribution in [0.1, 0.15) is 27.2 Å². The molecule has 6 heteroatoms. The fourth-order valence-electron chi connectivity index (χ4n) is 3.12. The minimum Gasteiger partial charge on any atom is -0.373 e. The van der Waals surface area contributed by atoms with Gasteiger partial charge in [0, 0.05) is 57.3 Å². The third-order valence-electron chi connectivity index (χ3n) is 4.32. The molecule has 0 amide bonds. The van der Waals surface area contributed by atoms with E-state index in [1.165, 1.54) is 12.2 Å². The average Bonchev–Trinajstić information content (AvgIpc) is 2.51. The summed E-state index contributed by atoms with van der Waals surface area (Å²) >= 11 is 2.09. The molecule has 0 saturated carbocycles. The van der Waals surface area contributed by atoms with Crippen molar-refractivity contribution in [2.24, 2.45) is 4.99 Å². The molecule has 1 unspecified atom stereocenters. The van der Waals surface area contributed by atoms with Gasteiger partial charge in [-0.2, -0.15) is 11.8 Å². The van der Waals surface area contributed by atoms with Gasteiger partial charge in [-0.05, 0) is 20.3 Å². The molecule has 0 spiro atoms. The number of aliphatic imine (C=N–C) groups is 1. The van der Waals surface area contributed by atoms with Crippen molar-refractivity contribution < 1.29 is 4.74 Å². The Hall–Kier alpha value is -0.460. The number of guanidine groups is 1. The third-order valence-corrected chi connectivity index (χ3v) is 5.69. The number of thioether (sulfide) groups is 1. The minimum atomic E-state index is -0.0155. The Morgan fingerprint density at radius 3 is 2.91 bits per heavy atom. The Bertz CT molecular complexity index is 375. The van der Waals surface area contributed by atoms with E-state index in [2.05, 4.69) is 52.6 Å². The molecule has 2 fully saturated rings. The zero-order valence-corrected chi connectivity index (χ0v) is 15.4. The lowest BCUT2D eigenvalue weighted by Crippen LogP contribution is -2.52. The van der Waals surface area contributed by atoms with E-state index in [1.54, 1.807) is 0 Å². The molecule has 0 aromatic carbocycles. The molecule has 2 rings (SSSR count). The molecule has 2 aliphatic heterocycles. The highest BCUT2D eigenvalue weighted by atomic mass is 32.2. The van der Waals surface area contributed by atoms with E-state index in [1.807, 2.05) is 7.05 Å². The third kappa shape index (κ3) is 5.32. The van der Waals surface area contributed by atoms with Crippen LogP contribution in [0.2, 0.25) is 0 Å². The summed E-state index contributed by atoms with van der Waals surface area (Å²) in [6, 6.07) is 0. The first-order chi connectivity index (χ1) is 10.5. The first-order valence-corrected chi connectivity index (χ1v) is 9.52. The molecule has 0 aromatic rings. The van der Waals surface area contributed by atoms with Crippen LogP contribution >= 0.6 is 11.8 Å². The number of nitrogens with zero attached hydrogens (tertiary/aromatic N) is 3. The van der Waals surface area contributed by atoms with Gasteiger partial charge in [0.15, 0.2) is 5.96 Å². The fourth-order valence-corrected chi connectivity index (χ4v) is 4.30. The van der Waals surface area contributed by atoms with Crippen LogP contribution in [0.4, 0.5) is 0 Å². The zero-order valence-electron chi connectivity index (χ0n) is 14.6. The molecule has 1 N–H and O–H groups in total.